The van der Waals surface area contributed by atoms with Crippen LogP contribution in [0.25, 0.3) is 0 Å². The number of alkyl halides is 6. The Balaban J connectivity index is 2.15. The van der Waals surface area contributed by atoms with Crippen molar-refractivity contribution in [2.45, 2.75) is 42.7 Å². The highest BCUT2D eigenvalue weighted by molar-refractivity contribution is 7.99. The zero-order chi connectivity index (χ0) is 26.3. The van der Waals surface area contributed by atoms with Crippen molar-refractivity contribution in [2.75, 3.05) is 24.9 Å². The number of anilines is 1. The predicted octanol–water partition coefficient (Wildman–Crippen LogP) is 5.85. The van der Waals surface area contributed by atoms with E-state index in [0.717, 1.165) is 17.8 Å². The quantitative estimate of drug-likeness (QED) is 0.499. The molecule has 12 heteroatoms. The summed E-state index contributed by atoms with van der Waals surface area (Å²) in [6.07, 6.45) is -12.0. The molecule has 5 nitrogen and oxygen atoms in total. The minimum atomic E-state index is -6.01. The van der Waals surface area contributed by atoms with Gasteiger partial charge in [-0.25, -0.2) is 0 Å². The van der Waals surface area contributed by atoms with E-state index in [-0.39, 0.29) is 22.2 Å². The van der Waals surface area contributed by atoms with E-state index in [1.807, 2.05) is 0 Å². The van der Waals surface area contributed by atoms with Crippen LogP contribution in [0.2, 0.25) is 0 Å². The summed E-state index contributed by atoms with van der Waals surface area (Å²) in [6, 6.07) is 6.63. The van der Waals surface area contributed by atoms with E-state index in [4.69, 9.17) is 9.47 Å². The maximum atomic E-state index is 13.4. The molecular formula is C23H23F6NO4S. The van der Waals surface area contributed by atoms with Crippen molar-refractivity contribution in [1.29, 1.82) is 0 Å². The molecule has 3 rings (SSSR count). The van der Waals surface area contributed by atoms with Gasteiger partial charge in [-0.1, -0.05) is 26.0 Å². The molecule has 0 saturated heterocycles. The molecular weight excluding hydrogens is 500 g/mol. The van der Waals surface area contributed by atoms with Gasteiger partial charge >= 0.3 is 12.4 Å². The van der Waals surface area contributed by atoms with E-state index in [1.54, 1.807) is 32.0 Å². The topological polar surface area (TPSA) is 59.0 Å². The highest BCUT2D eigenvalue weighted by atomic mass is 32.2. The molecule has 0 radical (unpaired) electrons. The number of aliphatic hydroxyl groups is 1. The molecule has 1 aliphatic rings. The lowest BCUT2D eigenvalue weighted by Gasteiger charge is -2.39. The first-order chi connectivity index (χ1) is 16.2. The standard InChI is InChI=1S/C23H23F6NO4S/c1-12(2)20(31)30-15-7-6-14(21(32,22(24,25)26)23(27,28)29)10-19(15)35-11-16(30)13-5-8-17(33-3)18(9-13)34-4/h5-10,12,16,32H,11H2,1-4H3. The van der Waals surface area contributed by atoms with Gasteiger partial charge in [0, 0.05) is 22.1 Å². The number of carbonyl (C=O) groups is 1. The number of benzene rings is 2. The molecule has 1 amide bonds. The average Bonchev–Trinajstić information content (AvgIpc) is 2.79. The van der Waals surface area contributed by atoms with Crippen molar-refractivity contribution >= 4 is 23.4 Å². The van der Waals surface area contributed by atoms with Crippen molar-refractivity contribution in [3.63, 3.8) is 0 Å². The van der Waals surface area contributed by atoms with Crippen LogP contribution < -0.4 is 14.4 Å². The van der Waals surface area contributed by atoms with Gasteiger partial charge in [-0.15, -0.1) is 11.8 Å². The number of rotatable bonds is 5. The maximum Gasteiger partial charge on any atom is 0.430 e. The summed E-state index contributed by atoms with van der Waals surface area (Å²) in [6.45, 7) is 3.27. The molecule has 1 N–H and O–H groups in total. The largest absolute Gasteiger partial charge is 0.493 e. The maximum absolute atomic E-state index is 13.4. The van der Waals surface area contributed by atoms with Crippen LogP contribution in [0.1, 0.15) is 31.0 Å². The Bertz CT molecular complexity index is 1090. The third-order valence-corrected chi connectivity index (χ3v) is 6.81. The number of hydrogen-bond donors (Lipinski definition) is 1. The Hall–Kier alpha value is -2.60. The van der Waals surface area contributed by atoms with Crippen LogP contribution >= 0.6 is 11.8 Å². The highest BCUT2D eigenvalue weighted by Crippen LogP contribution is 2.53. The molecule has 1 aliphatic heterocycles. The Kier molecular flexibility index (Phi) is 7.29. The fourth-order valence-electron chi connectivity index (χ4n) is 3.81. The summed E-state index contributed by atoms with van der Waals surface area (Å²) in [5.74, 6) is 0.0936. The van der Waals surface area contributed by atoms with E-state index in [1.165, 1.54) is 19.1 Å². The Labute approximate surface area is 202 Å². The number of amides is 1. The zero-order valence-electron chi connectivity index (χ0n) is 19.1. The van der Waals surface area contributed by atoms with Crippen LogP contribution in [0, 0.1) is 5.92 Å². The molecule has 0 fully saturated rings. The van der Waals surface area contributed by atoms with E-state index < -0.39 is 35.5 Å². The van der Waals surface area contributed by atoms with Crippen molar-refractivity contribution in [3.8, 4) is 11.5 Å². The molecule has 2 aromatic carbocycles. The summed E-state index contributed by atoms with van der Waals surface area (Å²) in [5, 5.41) is 9.79. The first-order valence-electron chi connectivity index (χ1n) is 10.4. The lowest BCUT2D eigenvalue weighted by Crippen LogP contribution is -2.54. The summed E-state index contributed by atoms with van der Waals surface area (Å²) >= 11 is 0.988. The first kappa shape index (κ1) is 27.0. The van der Waals surface area contributed by atoms with E-state index in [0.29, 0.717) is 29.2 Å². The molecule has 35 heavy (non-hydrogen) atoms. The Morgan fingerprint density at radius 1 is 1.00 bits per heavy atom. The Morgan fingerprint density at radius 2 is 1.60 bits per heavy atom. The number of carbonyl (C=O) groups excluding carboxylic acids is 1. The van der Waals surface area contributed by atoms with Crippen molar-refractivity contribution < 1.29 is 45.7 Å². The molecule has 1 atom stereocenters. The van der Waals surface area contributed by atoms with Crippen molar-refractivity contribution in [3.05, 3.63) is 47.5 Å². The van der Waals surface area contributed by atoms with E-state index in [2.05, 4.69) is 0 Å². The zero-order valence-corrected chi connectivity index (χ0v) is 19.9. The van der Waals surface area contributed by atoms with Crippen molar-refractivity contribution in [1.82, 2.24) is 0 Å². The number of nitrogens with zero attached hydrogens (tertiary/aromatic N) is 1. The minimum absolute atomic E-state index is 0.0140. The number of hydrogen-bond acceptors (Lipinski definition) is 5. The van der Waals surface area contributed by atoms with Crippen LogP contribution in [0.4, 0.5) is 32.0 Å². The van der Waals surface area contributed by atoms with Gasteiger partial charge in [-0.3, -0.25) is 4.79 Å². The van der Waals surface area contributed by atoms with Crippen LogP contribution in [0.5, 0.6) is 11.5 Å². The summed E-state index contributed by atoms with van der Waals surface area (Å²) in [4.78, 5) is 14.6. The fourth-order valence-corrected chi connectivity index (χ4v) is 5.01. The van der Waals surface area contributed by atoms with Gasteiger partial charge < -0.3 is 19.5 Å². The normalized spacial score (nSPS) is 16.8. The third kappa shape index (κ3) is 4.65. The number of halogens is 6. The smallest absolute Gasteiger partial charge is 0.430 e. The number of methoxy groups -OCH3 is 2. The lowest BCUT2D eigenvalue weighted by molar-refractivity contribution is -0.376. The summed E-state index contributed by atoms with van der Waals surface area (Å²) < 4.78 is 90.8. The van der Waals surface area contributed by atoms with Gasteiger partial charge in [0.2, 0.25) is 5.91 Å². The molecule has 0 aliphatic carbocycles. The second-order valence-electron chi connectivity index (χ2n) is 8.19. The molecule has 0 spiro atoms. The fraction of sp³-hybridized carbons (Fsp3) is 0.435. The first-order valence-corrected chi connectivity index (χ1v) is 11.3. The molecule has 192 valence electrons. The van der Waals surface area contributed by atoms with Crippen molar-refractivity contribution in [2.24, 2.45) is 5.92 Å². The SMILES string of the molecule is COc1ccc(C2CSc3cc(C(O)(C(F)(F)F)C(F)(F)F)ccc3N2C(=O)C(C)C)cc1OC. The molecule has 0 bridgehead atoms. The Morgan fingerprint density at radius 3 is 2.11 bits per heavy atom. The third-order valence-electron chi connectivity index (χ3n) is 5.69. The minimum Gasteiger partial charge on any atom is -0.493 e. The van der Waals surface area contributed by atoms with E-state index in [9.17, 15) is 36.2 Å². The van der Waals surface area contributed by atoms with Crippen LogP contribution in [0.3, 0.4) is 0 Å². The van der Waals surface area contributed by atoms with Gasteiger partial charge in [-0.2, -0.15) is 26.3 Å². The monoisotopic (exact) mass is 523 g/mol. The molecule has 1 heterocycles. The van der Waals surface area contributed by atoms with Crippen LogP contribution in [0.15, 0.2) is 41.3 Å². The van der Waals surface area contributed by atoms with Crippen LogP contribution in [-0.2, 0) is 10.4 Å². The summed E-state index contributed by atoms with van der Waals surface area (Å²) in [7, 11) is 2.90. The number of ether oxygens (including phenoxy) is 2. The second-order valence-corrected chi connectivity index (χ2v) is 9.25. The number of fused-ring (bicyclic) bond motifs is 1. The molecule has 2 aromatic rings. The van der Waals surface area contributed by atoms with Gasteiger partial charge in [0.25, 0.3) is 5.60 Å². The number of thioether (sulfide) groups is 1. The van der Waals surface area contributed by atoms with Gasteiger partial charge in [-0.05, 0) is 29.8 Å². The van der Waals surface area contributed by atoms with Gasteiger partial charge in [0.05, 0.1) is 25.9 Å². The lowest BCUT2D eigenvalue weighted by atomic mass is 9.91. The second kappa shape index (κ2) is 9.45. The predicted molar refractivity (Wildman–Crippen MR) is 118 cm³/mol. The van der Waals surface area contributed by atoms with Gasteiger partial charge in [0.1, 0.15) is 0 Å². The van der Waals surface area contributed by atoms with Gasteiger partial charge in [0.15, 0.2) is 11.5 Å². The highest BCUT2D eigenvalue weighted by Gasteiger charge is 2.71. The molecule has 0 aromatic heterocycles. The molecule has 0 saturated carbocycles. The average molecular weight is 523 g/mol. The van der Waals surface area contributed by atoms with Crippen LogP contribution in [-0.4, -0.2) is 43.3 Å². The summed E-state index contributed by atoms with van der Waals surface area (Å²) in [5.41, 5.74) is -5.63. The van der Waals surface area contributed by atoms with E-state index >= 15 is 0 Å². The molecule has 1 unspecified atom stereocenters.